The van der Waals surface area contributed by atoms with Crippen molar-refractivity contribution in [1.29, 1.82) is 0 Å². The molecule has 0 aliphatic rings. The molecule has 0 spiro atoms. The summed E-state index contributed by atoms with van der Waals surface area (Å²) in [5.41, 5.74) is 20.3. The summed E-state index contributed by atoms with van der Waals surface area (Å²) < 4.78 is 0. The topological polar surface area (TPSA) is 101 Å². The van der Waals surface area contributed by atoms with Gasteiger partial charge in [0.1, 0.15) is 0 Å². The van der Waals surface area contributed by atoms with E-state index in [0.717, 1.165) is 0 Å². The summed E-state index contributed by atoms with van der Waals surface area (Å²) in [6, 6.07) is 4.76. The van der Waals surface area contributed by atoms with Gasteiger partial charge in [-0.05, 0) is 23.7 Å². The smallest absolute Gasteiger partial charge is 0.0625 e. The molecule has 56 valence electrons. The Bertz CT molecular complexity index is 313. The molecule has 0 atom stereocenters. The first-order chi connectivity index (χ1) is 5.24. The lowest BCUT2D eigenvalue weighted by molar-refractivity contribution is 1.48. The van der Waals surface area contributed by atoms with E-state index >= 15 is 0 Å². The zero-order valence-corrected chi connectivity index (χ0v) is 5.73. The number of hydrogen-bond donors (Lipinski definition) is 2. The van der Waals surface area contributed by atoms with Gasteiger partial charge in [-0.1, -0.05) is 5.11 Å². The van der Waals surface area contributed by atoms with Gasteiger partial charge < -0.3 is 11.5 Å². The van der Waals surface area contributed by atoms with Crippen molar-refractivity contribution in [2.75, 3.05) is 11.5 Å². The van der Waals surface area contributed by atoms with Gasteiger partial charge in [0.05, 0.1) is 5.69 Å². The third-order valence-corrected chi connectivity index (χ3v) is 1.21. The fourth-order valence-corrected chi connectivity index (χ4v) is 0.695. The second-order valence-corrected chi connectivity index (χ2v) is 2.01. The molecule has 0 saturated carbocycles. The van der Waals surface area contributed by atoms with Crippen molar-refractivity contribution in [1.82, 2.24) is 0 Å². The minimum absolute atomic E-state index is 0.368. The molecule has 0 aromatic heterocycles. The number of nitrogens with zero attached hydrogens (tertiary/aromatic N) is 3. The molecule has 0 heterocycles. The largest absolute Gasteiger partial charge is 0.399 e. The number of hydrogen-bond acceptors (Lipinski definition) is 3. The van der Waals surface area contributed by atoms with Gasteiger partial charge in [-0.15, -0.1) is 0 Å². The van der Waals surface area contributed by atoms with Crippen LogP contribution in [0.3, 0.4) is 0 Å². The summed E-state index contributed by atoms with van der Waals surface area (Å²) in [5, 5.41) is 3.34. The molecule has 4 N–H and O–H groups in total. The second-order valence-electron chi connectivity index (χ2n) is 2.01. The van der Waals surface area contributed by atoms with E-state index in [0.29, 0.717) is 17.1 Å². The van der Waals surface area contributed by atoms with E-state index in [4.69, 9.17) is 17.0 Å². The van der Waals surface area contributed by atoms with E-state index in [1.54, 1.807) is 12.1 Å². The summed E-state index contributed by atoms with van der Waals surface area (Å²) in [5.74, 6) is 0. The summed E-state index contributed by atoms with van der Waals surface area (Å²) in [7, 11) is 0. The van der Waals surface area contributed by atoms with Crippen LogP contribution in [0.2, 0.25) is 0 Å². The Labute approximate surface area is 63.2 Å². The Balaban J connectivity index is 3.22. The average Bonchev–Trinajstić information content (AvgIpc) is 1.98. The molecule has 0 bridgehead atoms. The lowest BCUT2D eigenvalue weighted by atomic mass is 10.2. The SMILES string of the molecule is [N-]=[N+]=Nc1cc(N)ccc1N. The number of benzene rings is 1. The number of rotatable bonds is 1. The molecule has 5 nitrogen and oxygen atoms in total. The van der Waals surface area contributed by atoms with E-state index in [-0.39, 0.29) is 0 Å². The van der Waals surface area contributed by atoms with Crippen LogP contribution in [0, 0.1) is 0 Å². The van der Waals surface area contributed by atoms with Crippen LogP contribution >= 0.6 is 0 Å². The number of nitrogens with two attached hydrogens (primary N) is 2. The Hall–Kier alpha value is -1.87. The normalized spacial score (nSPS) is 8.73. The maximum absolute atomic E-state index is 8.10. The first-order valence-corrected chi connectivity index (χ1v) is 2.94. The van der Waals surface area contributed by atoms with Gasteiger partial charge in [-0.3, -0.25) is 0 Å². The molecule has 0 amide bonds. The third kappa shape index (κ3) is 1.53. The molecule has 5 heteroatoms. The van der Waals surface area contributed by atoms with E-state index in [9.17, 15) is 0 Å². The van der Waals surface area contributed by atoms with Crippen LogP contribution in [0.5, 0.6) is 0 Å². The second kappa shape index (κ2) is 2.81. The predicted molar refractivity (Wildman–Crippen MR) is 44.1 cm³/mol. The molecule has 1 rings (SSSR count). The van der Waals surface area contributed by atoms with Crippen LogP contribution in [0.15, 0.2) is 23.3 Å². The van der Waals surface area contributed by atoms with Gasteiger partial charge in [0.25, 0.3) is 0 Å². The Kier molecular flexibility index (Phi) is 1.85. The first-order valence-electron chi connectivity index (χ1n) is 2.94. The predicted octanol–water partition coefficient (Wildman–Crippen LogP) is 1.79. The standard InChI is InChI=1S/C6H7N5/c7-4-1-2-5(8)6(3-4)10-11-9/h1-3H,7-8H2. The highest BCUT2D eigenvalue weighted by Crippen LogP contribution is 2.23. The zero-order chi connectivity index (χ0) is 8.27. The quantitative estimate of drug-likeness (QED) is 0.275. The lowest BCUT2D eigenvalue weighted by Crippen LogP contribution is -1.88. The fraction of sp³-hybridized carbons (Fsp3) is 0. The van der Waals surface area contributed by atoms with Gasteiger partial charge in [-0.25, -0.2) is 0 Å². The highest BCUT2D eigenvalue weighted by atomic mass is 15.1. The van der Waals surface area contributed by atoms with Gasteiger partial charge >= 0.3 is 0 Å². The summed E-state index contributed by atoms with van der Waals surface area (Å²) >= 11 is 0. The number of azide groups is 1. The third-order valence-electron chi connectivity index (χ3n) is 1.21. The van der Waals surface area contributed by atoms with Crippen molar-refractivity contribution >= 4 is 17.1 Å². The van der Waals surface area contributed by atoms with E-state index in [2.05, 4.69) is 10.0 Å². The van der Waals surface area contributed by atoms with E-state index in [1.165, 1.54) is 6.07 Å². The van der Waals surface area contributed by atoms with Gasteiger partial charge in [0.15, 0.2) is 0 Å². The molecule has 0 fully saturated rings. The van der Waals surface area contributed by atoms with Crippen molar-refractivity contribution < 1.29 is 0 Å². The lowest BCUT2D eigenvalue weighted by Gasteiger charge is -1.98. The molecule has 0 aliphatic carbocycles. The van der Waals surface area contributed by atoms with Crippen LogP contribution in [-0.2, 0) is 0 Å². The Morgan fingerprint density at radius 3 is 2.73 bits per heavy atom. The summed E-state index contributed by atoms with van der Waals surface area (Å²) in [6.45, 7) is 0. The molecule has 0 saturated heterocycles. The van der Waals surface area contributed by atoms with Crippen LogP contribution in [0.4, 0.5) is 17.1 Å². The van der Waals surface area contributed by atoms with E-state index < -0.39 is 0 Å². The van der Waals surface area contributed by atoms with Crippen molar-refractivity contribution in [3.63, 3.8) is 0 Å². The maximum Gasteiger partial charge on any atom is 0.0625 e. The van der Waals surface area contributed by atoms with Crippen molar-refractivity contribution in [3.05, 3.63) is 28.6 Å². The monoisotopic (exact) mass is 149 g/mol. The summed E-state index contributed by atoms with van der Waals surface area (Å²) in [6.07, 6.45) is 0. The van der Waals surface area contributed by atoms with Crippen LogP contribution in [0.1, 0.15) is 0 Å². The molecule has 1 aromatic rings. The zero-order valence-electron chi connectivity index (χ0n) is 5.73. The first kappa shape index (κ1) is 7.24. The average molecular weight is 149 g/mol. The molecule has 0 unspecified atom stereocenters. The molecular weight excluding hydrogens is 142 g/mol. The maximum atomic E-state index is 8.10. The van der Waals surface area contributed by atoms with Gasteiger partial charge in [0, 0.05) is 16.3 Å². The molecule has 11 heavy (non-hydrogen) atoms. The van der Waals surface area contributed by atoms with Crippen molar-refractivity contribution in [2.45, 2.75) is 0 Å². The highest BCUT2D eigenvalue weighted by molar-refractivity contribution is 5.67. The van der Waals surface area contributed by atoms with Gasteiger partial charge in [0.2, 0.25) is 0 Å². The Morgan fingerprint density at radius 2 is 2.09 bits per heavy atom. The van der Waals surface area contributed by atoms with E-state index in [1.807, 2.05) is 0 Å². The highest BCUT2D eigenvalue weighted by Gasteiger charge is 1.94. The van der Waals surface area contributed by atoms with Crippen molar-refractivity contribution in [3.8, 4) is 0 Å². The Morgan fingerprint density at radius 1 is 1.36 bits per heavy atom. The van der Waals surface area contributed by atoms with Crippen molar-refractivity contribution in [2.24, 2.45) is 5.11 Å². The molecule has 0 radical (unpaired) electrons. The minimum Gasteiger partial charge on any atom is -0.399 e. The minimum atomic E-state index is 0.368. The number of anilines is 2. The number of nitrogen functional groups attached to an aromatic ring is 2. The fourth-order valence-electron chi connectivity index (χ4n) is 0.695. The van der Waals surface area contributed by atoms with Crippen LogP contribution in [0.25, 0.3) is 10.4 Å². The summed E-state index contributed by atoms with van der Waals surface area (Å²) in [4.78, 5) is 2.60. The molecule has 1 aromatic carbocycles. The molecule has 0 aliphatic heterocycles. The van der Waals surface area contributed by atoms with Crippen LogP contribution in [-0.4, -0.2) is 0 Å². The van der Waals surface area contributed by atoms with Crippen LogP contribution < -0.4 is 11.5 Å². The van der Waals surface area contributed by atoms with Gasteiger partial charge in [-0.2, -0.15) is 0 Å². The molecular formula is C6H7N5.